The molecule has 1 aromatic rings. The Kier molecular flexibility index (Phi) is 5.86. The standard InChI is InChI=1S/C17H28N2O/c1-14(15-8-10-17(20-3)11-9-15)18-12-13-19(2)16-6-4-5-7-16/h8-11,14,16,18H,4-7,12-13H2,1-3H3. The molecule has 0 saturated heterocycles. The van der Waals surface area contributed by atoms with Crippen LogP contribution >= 0.6 is 0 Å². The van der Waals surface area contributed by atoms with E-state index < -0.39 is 0 Å². The second kappa shape index (κ2) is 7.65. The number of ether oxygens (including phenoxy) is 1. The maximum Gasteiger partial charge on any atom is 0.118 e. The highest BCUT2D eigenvalue weighted by Crippen LogP contribution is 2.22. The molecule has 0 amide bonds. The summed E-state index contributed by atoms with van der Waals surface area (Å²) in [5.74, 6) is 0.918. The van der Waals surface area contributed by atoms with Crippen LogP contribution in [0.25, 0.3) is 0 Å². The van der Waals surface area contributed by atoms with E-state index in [2.05, 4.69) is 36.3 Å². The first-order chi connectivity index (χ1) is 9.70. The Bertz CT molecular complexity index is 384. The zero-order valence-electron chi connectivity index (χ0n) is 13.1. The molecule has 1 fully saturated rings. The van der Waals surface area contributed by atoms with Crippen molar-refractivity contribution in [3.05, 3.63) is 29.8 Å². The van der Waals surface area contributed by atoms with Gasteiger partial charge in [0.15, 0.2) is 0 Å². The minimum atomic E-state index is 0.387. The summed E-state index contributed by atoms with van der Waals surface area (Å²) in [5.41, 5.74) is 1.31. The van der Waals surface area contributed by atoms with E-state index in [1.165, 1.54) is 31.2 Å². The maximum absolute atomic E-state index is 5.19. The lowest BCUT2D eigenvalue weighted by Gasteiger charge is -2.25. The molecule has 0 bridgehead atoms. The Morgan fingerprint density at radius 1 is 1.25 bits per heavy atom. The Morgan fingerprint density at radius 3 is 2.50 bits per heavy atom. The molecule has 0 spiro atoms. The SMILES string of the molecule is COc1ccc(C(C)NCCN(C)C2CCCC2)cc1. The third-order valence-corrected chi connectivity index (χ3v) is 4.48. The Balaban J connectivity index is 1.72. The van der Waals surface area contributed by atoms with Crippen molar-refractivity contribution in [1.82, 2.24) is 10.2 Å². The summed E-state index contributed by atoms with van der Waals surface area (Å²) in [6.45, 7) is 4.39. The van der Waals surface area contributed by atoms with Crippen LogP contribution in [-0.2, 0) is 0 Å². The van der Waals surface area contributed by atoms with Gasteiger partial charge in [-0.3, -0.25) is 0 Å². The third kappa shape index (κ3) is 4.22. The minimum Gasteiger partial charge on any atom is -0.497 e. The van der Waals surface area contributed by atoms with E-state index in [1.54, 1.807) is 7.11 Å². The van der Waals surface area contributed by atoms with E-state index >= 15 is 0 Å². The number of rotatable bonds is 7. The van der Waals surface area contributed by atoms with Gasteiger partial charge in [0.05, 0.1) is 7.11 Å². The molecule has 1 atom stereocenters. The molecule has 20 heavy (non-hydrogen) atoms. The molecule has 1 aromatic carbocycles. The van der Waals surface area contributed by atoms with Gasteiger partial charge >= 0.3 is 0 Å². The molecule has 1 aliphatic carbocycles. The first-order valence-corrected chi connectivity index (χ1v) is 7.78. The summed E-state index contributed by atoms with van der Waals surface area (Å²) in [6.07, 6.45) is 5.57. The number of hydrogen-bond acceptors (Lipinski definition) is 3. The van der Waals surface area contributed by atoms with Gasteiger partial charge in [0, 0.05) is 25.2 Å². The molecule has 0 aliphatic heterocycles. The molecule has 0 radical (unpaired) electrons. The van der Waals surface area contributed by atoms with Crippen molar-refractivity contribution in [2.75, 3.05) is 27.2 Å². The topological polar surface area (TPSA) is 24.5 Å². The molecule has 3 heteroatoms. The van der Waals surface area contributed by atoms with Crippen LogP contribution in [0.3, 0.4) is 0 Å². The van der Waals surface area contributed by atoms with Crippen molar-refractivity contribution in [3.8, 4) is 5.75 Å². The van der Waals surface area contributed by atoms with Gasteiger partial charge in [0.1, 0.15) is 5.75 Å². The molecule has 3 nitrogen and oxygen atoms in total. The van der Waals surface area contributed by atoms with Crippen LogP contribution in [0.4, 0.5) is 0 Å². The van der Waals surface area contributed by atoms with Gasteiger partial charge in [0.25, 0.3) is 0 Å². The van der Waals surface area contributed by atoms with Crippen LogP contribution in [0, 0.1) is 0 Å². The molecule has 0 aromatic heterocycles. The molecule has 0 heterocycles. The summed E-state index contributed by atoms with van der Waals surface area (Å²) < 4.78 is 5.19. The van der Waals surface area contributed by atoms with E-state index in [4.69, 9.17) is 4.74 Å². The summed E-state index contributed by atoms with van der Waals surface area (Å²) in [5, 5.41) is 3.61. The maximum atomic E-state index is 5.19. The highest BCUT2D eigenvalue weighted by Gasteiger charge is 2.18. The summed E-state index contributed by atoms with van der Waals surface area (Å²) >= 11 is 0. The zero-order valence-corrected chi connectivity index (χ0v) is 13.1. The number of hydrogen-bond donors (Lipinski definition) is 1. The molecule has 2 rings (SSSR count). The molecule has 1 unspecified atom stereocenters. The first-order valence-electron chi connectivity index (χ1n) is 7.78. The third-order valence-electron chi connectivity index (χ3n) is 4.48. The Hall–Kier alpha value is -1.06. The highest BCUT2D eigenvalue weighted by atomic mass is 16.5. The predicted molar refractivity (Wildman–Crippen MR) is 84.3 cm³/mol. The van der Waals surface area contributed by atoms with Gasteiger partial charge in [-0.2, -0.15) is 0 Å². The van der Waals surface area contributed by atoms with E-state index in [9.17, 15) is 0 Å². The van der Waals surface area contributed by atoms with Crippen molar-refractivity contribution >= 4 is 0 Å². The van der Waals surface area contributed by atoms with Crippen molar-refractivity contribution in [1.29, 1.82) is 0 Å². The first kappa shape index (κ1) is 15.3. The highest BCUT2D eigenvalue weighted by molar-refractivity contribution is 5.28. The van der Waals surface area contributed by atoms with Crippen LogP contribution in [-0.4, -0.2) is 38.2 Å². The lowest BCUT2D eigenvalue weighted by atomic mass is 10.1. The number of methoxy groups -OCH3 is 1. The normalized spacial score (nSPS) is 17.6. The van der Waals surface area contributed by atoms with E-state index in [1.807, 2.05) is 12.1 Å². The summed E-state index contributed by atoms with van der Waals surface area (Å²) in [6, 6.07) is 9.52. The van der Waals surface area contributed by atoms with Gasteiger partial charge in [0.2, 0.25) is 0 Å². The fourth-order valence-corrected chi connectivity index (χ4v) is 3.00. The average molecular weight is 276 g/mol. The van der Waals surface area contributed by atoms with Crippen molar-refractivity contribution in [2.45, 2.75) is 44.7 Å². The smallest absolute Gasteiger partial charge is 0.118 e. The fraction of sp³-hybridized carbons (Fsp3) is 0.647. The van der Waals surface area contributed by atoms with Gasteiger partial charge in [-0.05, 0) is 44.5 Å². The van der Waals surface area contributed by atoms with Crippen molar-refractivity contribution in [2.24, 2.45) is 0 Å². The second-order valence-corrected chi connectivity index (χ2v) is 5.87. The number of benzene rings is 1. The predicted octanol–water partition coefficient (Wildman–Crippen LogP) is 3.22. The molecule has 1 saturated carbocycles. The number of likely N-dealkylation sites (N-methyl/N-ethyl adjacent to an activating group) is 1. The summed E-state index contributed by atoms with van der Waals surface area (Å²) in [7, 11) is 3.96. The van der Waals surface area contributed by atoms with Crippen LogP contribution in [0.1, 0.15) is 44.2 Å². The van der Waals surface area contributed by atoms with E-state index in [-0.39, 0.29) is 0 Å². The van der Waals surface area contributed by atoms with Crippen LogP contribution in [0.5, 0.6) is 5.75 Å². The van der Waals surface area contributed by atoms with E-state index in [0.29, 0.717) is 6.04 Å². The van der Waals surface area contributed by atoms with Crippen molar-refractivity contribution in [3.63, 3.8) is 0 Å². The molecule has 112 valence electrons. The molecule has 1 N–H and O–H groups in total. The van der Waals surface area contributed by atoms with Crippen LogP contribution < -0.4 is 10.1 Å². The van der Waals surface area contributed by atoms with Gasteiger partial charge < -0.3 is 15.0 Å². The van der Waals surface area contributed by atoms with Crippen LogP contribution in [0.15, 0.2) is 24.3 Å². The van der Waals surface area contributed by atoms with Crippen LogP contribution in [0.2, 0.25) is 0 Å². The second-order valence-electron chi connectivity index (χ2n) is 5.87. The fourth-order valence-electron chi connectivity index (χ4n) is 3.00. The quantitative estimate of drug-likeness (QED) is 0.827. The number of nitrogens with zero attached hydrogens (tertiary/aromatic N) is 1. The largest absolute Gasteiger partial charge is 0.497 e. The molecular weight excluding hydrogens is 248 g/mol. The molecule has 1 aliphatic rings. The lowest BCUT2D eigenvalue weighted by Crippen LogP contribution is -2.36. The Labute approximate surface area is 123 Å². The van der Waals surface area contributed by atoms with Gasteiger partial charge in [-0.25, -0.2) is 0 Å². The lowest BCUT2D eigenvalue weighted by molar-refractivity contribution is 0.243. The van der Waals surface area contributed by atoms with Gasteiger partial charge in [-0.15, -0.1) is 0 Å². The van der Waals surface area contributed by atoms with E-state index in [0.717, 1.165) is 24.9 Å². The average Bonchev–Trinajstić information content (AvgIpc) is 3.01. The molecular formula is C17H28N2O. The zero-order chi connectivity index (χ0) is 14.4. The van der Waals surface area contributed by atoms with Crippen molar-refractivity contribution < 1.29 is 4.74 Å². The minimum absolute atomic E-state index is 0.387. The van der Waals surface area contributed by atoms with Gasteiger partial charge in [-0.1, -0.05) is 25.0 Å². The number of nitrogens with one attached hydrogen (secondary N) is 1. The summed E-state index contributed by atoms with van der Waals surface area (Å²) in [4.78, 5) is 2.51. The monoisotopic (exact) mass is 276 g/mol. The Morgan fingerprint density at radius 2 is 1.90 bits per heavy atom.